The average molecular weight is 587 g/mol. The third-order valence-corrected chi connectivity index (χ3v) is 6.19. The first-order valence-electron chi connectivity index (χ1n) is 13.8. The molecule has 0 aliphatic heterocycles. The molecule has 2 aromatic rings. The van der Waals surface area contributed by atoms with E-state index in [2.05, 4.69) is 21.3 Å². The molecule has 0 fully saturated rings. The molecule has 0 saturated heterocycles. The number of methoxy groups -OCH3 is 2. The number of carbonyl (C=O) groups is 4. The first kappa shape index (κ1) is 33.9. The SMILES string of the molecule is CCC(NC(=O)C(CC(C)C)NC(=O)NCc1ccc(OCCO)cc1)C(=O)C(=O)NCc1cc(OC)cc(OC)c1. The van der Waals surface area contributed by atoms with Crippen molar-refractivity contribution in [2.24, 2.45) is 5.92 Å². The number of ketones is 1. The van der Waals surface area contributed by atoms with Crippen molar-refractivity contribution in [2.75, 3.05) is 27.4 Å². The van der Waals surface area contributed by atoms with Gasteiger partial charge in [0.05, 0.1) is 26.9 Å². The minimum absolute atomic E-state index is 0.0542. The van der Waals surface area contributed by atoms with Gasteiger partial charge in [-0.25, -0.2) is 4.79 Å². The molecule has 4 amide bonds. The van der Waals surface area contributed by atoms with Gasteiger partial charge < -0.3 is 40.6 Å². The molecule has 2 atom stereocenters. The van der Waals surface area contributed by atoms with Crippen molar-refractivity contribution in [3.8, 4) is 17.2 Å². The van der Waals surface area contributed by atoms with Crippen LogP contribution in [-0.4, -0.2) is 68.3 Å². The molecule has 0 bridgehead atoms. The summed E-state index contributed by atoms with van der Waals surface area (Å²) in [5.74, 6) is -0.458. The van der Waals surface area contributed by atoms with Crippen molar-refractivity contribution >= 4 is 23.6 Å². The summed E-state index contributed by atoms with van der Waals surface area (Å²) in [6.07, 6.45) is 0.508. The van der Waals surface area contributed by atoms with Crippen molar-refractivity contribution in [1.29, 1.82) is 0 Å². The van der Waals surface area contributed by atoms with E-state index < -0.39 is 35.7 Å². The van der Waals surface area contributed by atoms with Crippen LogP contribution in [-0.2, 0) is 27.5 Å². The fraction of sp³-hybridized carbons (Fsp3) is 0.467. The fourth-order valence-electron chi connectivity index (χ4n) is 3.98. The van der Waals surface area contributed by atoms with Gasteiger partial charge in [0.25, 0.3) is 5.91 Å². The van der Waals surface area contributed by atoms with Gasteiger partial charge in [-0.1, -0.05) is 32.9 Å². The number of urea groups is 1. The van der Waals surface area contributed by atoms with E-state index >= 15 is 0 Å². The Morgan fingerprint density at radius 2 is 1.43 bits per heavy atom. The lowest BCUT2D eigenvalue weighted by molar-refractivity contribution is -0.140. The highest BCUT2D eigenvalue weighted by atomic mass is 16.5. The summed E-state index contributed by atoms with van der Waals surface area (Å²) >= 11 is 0. The summed E-state index contributed by atoms with van der Waals surface area (Å²) < 4.78 is 15.8. The van der Waals surface area contributed by atoms with Crippen molar-refractivity contribution in [3.63, 3.8) is 0 Å². The van der Waals surface area contributed by atoms with E-state index in [1.165, 1.54) is 14.2 Å². The number of amides is 4. The zero-order valence-electron chi connectivity index (χ0n) is 24.8. The first-order valence-corrected chi connectivity index (χ1v) is 13.8. The molecule has 5 N–H and O–H groups in total. The Morgan fingerprint density at radius 1 is 0.810 bits per heavy atom. The van der Waals surface area contributed by atoms with Gasteiger partial charge in [-0.2, -0.15) is 0 Å². The van der Waals surface area contributed by atoms with Gasteiger partial charge in [0.15, 0.2) is 0 Å². The highest BCUT2D eigenvalue weighted by Crippen LogP contribution is 2.22. The van der Waals surface area contributed by atoms with E-state index in [1.54, 1.807) is 49.4 Å². The molecule has 42 heavy (non-hydrogen) atoms. The van der Waals surface area contributed by atoms with E-state index in [9.17, 15) is 19.2 Å². The number of rotatable bonds is 17. The fourth-order valence-corrected chi connectivity index (χ4v) is 3.98. The van der Waals surface area contributed by atoms with Gasteiger partial charge in [0.2, 0.25) is 11.7 Å². The van der Waals surface area contributed by atoms with Gasteiger partial charge in [0, 0.05) is 19.2 Å². The van der Waals surface area contributed by atoms with Crippen LogP contribution in [0.4, 0.5) is 4.79 Å². The maximum atomic E-state index is 13.1. The van der Waals surface area contributed by atoms with Crippen LogP contribution >= 0.6 is 0 Å². The molecule has 0 spiro atoms. The third kappa shape index (κ3) is 11.3. The highest BCUT2D eigenvalue weighted by molar-refractivity contribution is 6.38. The lowest BCUT2D eigenvalue weighted by atomic mass is 10.0. The number of benzene rings is 2. The van der Waals surface area contributed by atoms with Gasteiger partial charge in [0.1, 0.15) is 29.9 Å². The Morgan fingerprint density at radius 3 is 1.98 bits per heavy atom. The molecule has 2 unspecified atom stereocenters. The van der Waals surface area contributed by atoms with Crippen LogP contribution in [0, 0.1) is 5.92 Å². The largest absolute Gasteiger partial charge is 0.497 e. The van der Waals surface area contributed by atoms with Crippen LogP contribution in [0.5, 0.6) is 17.2 Å². The molecule has 0 radical (unpaired) electrons. The summed E-state index contributed by atoms with van der Waals surface area (Å²) in [6.45, 7) is 5.85. The van der Waals surface area contributed by atoms with E-state index in [0.29, 0.717) is 29.2 Å². The Hall–Kier alpha value is -4.32. The maximum absolute atomic E-state index is 13.1. The van der Waals surface area contributed by atoms with Crippen molar-refractivity contribution in [3.05, 3.63) is 53.6 Å². The molecule has 230 valence electrons. The third-order valence-electron chi connectivity index (χ3n) is 6.19. The van der Waals surface area contributed by atoms with E-state index in [4.69, 9.17) is 19.3 Å². The molecule has 2 aromatic carbocycles. The van der Waals surface area contributed by atoms with E-state index in [1.807, 2.05) is 13.8 Å². The first-order chi connectivity index (χ1) is 20.1. The van der Waals surface area contributed by atoms with Crippen molar-refractivity contribution in [2.45, 2.75) is 58.8 Å². The van der Waals surface area contributed by atoms with Crippen LogP contribution in [0.25, 0.3) is 0 Å². The Kier molecular flexibility index (Phi) is 14.1. The molecule has 0 aliphatic carbocycles. The van der Waals surface area contributed by atoms with Gasteiger partial charge >= 0.3 is 6.03 Å². The van der Waals surface area contributed by atoms with Crippen molar-refractivity contribution < 1.29 is 38.5 Å². The Balaban J connectivity index is 1.95. The second-order valence-corrected chi connectivity index (χ2v) is 9.96. The van der Waals surface area contributed by atoms with Gasteiger partial charge in [-0.05, 0) is 54.2 Å². The van der Waals surface area contributed by atoms with Crippen molar-refractivity contribution in [1.82, 2.24) is 21.3 Å². The molecule has 12 nitrogen and oxygen atoms in total. The lowest BCUT2D eigenvalue weighted by Crippen LogP contribution is -2.55. The molecule has 0 aliphatic rings. The summed E-state index contributed by atoms with van der Waals surface area (Å²) in [5, 5.41) is 19.4. The Labute approximate surface area is 246 Å². The smallest absolute Gasteiger partial charge is 0.315 e. The molecule has 0 aromatic heterocycles. The number of aliphatic hydroxyl groups is 1. The van der Waals surface area contributed by atoms with Gasteiger partial charge in [-0.15, -0.1) is 0 Å². The van der Waals surface area contributed by atoms with Crippen LogP contribution in [0.2, 0.25) is 0 Å². The topological polar surface area (TPSA) is 164 Å². The van der Waals surface area contributed by atoms with Crippen LogP contribution in [0.3, 0.4) is 0 Å². The minimum Gasteiger partial charge on any atom is -0.497 e. The maximum Gasteiger partial charge on any atom is 0.315 e. The number of carbonyl (C=O) groups excluding carboxylic acids is 4. The predicted octanol–water partition coefficient (Wildman–Crippen LogP) is 2.07. The summed E-state index contributed by atoms with van der Waals surface area (Å²) in [4.78, 5) is 51.3. The molecule has 2 rings (SSSR count). The van der Waals surface area contributed by atoms with Crippen LogP contribution < -0.4 is 35.5 Å². The second kappa shape index (κ2) is 17.5. The predicted molar refractivity (Wildman–Crippen MR) is 156 cm³/mol. The Bertz CT molecular complexity index is 1160. The lowest BCUT2D eigenvalue weighted by Gasteiger charge is -2.23. The summed E-state index contributed by atoms with van der Waals surface area (Å²) in [5.41, 5.74) is 1.48. The minimum atomic E-state index is -1.07. The van der Waals surface area contributed by atoms with E-state index in [0.717, 1.165) is 5.56 Å². The summed E-state index contributed by atoms with van der Waals surface area (Å²) in [7, 11) is 3.02. The standard InChI is InChI=1S/C30H42N4O8/c1-6-25(27(36)29(38)31-18-21-14-23(40-4)16-24(15-21)41-5)33-28(37)26(13-19(2)3)34-30(39)32-17-20-7-9-22(10-8-20)42-12-11-35/h7-10,14-16,19,25-26,35H,6,11-13,17-18H2,1-5H3,(H,31,38)(H,33,37)(H2,32,34,39). The van der Waals surface area contributed by atoms with Gasteiger partial charge in [-0.3, -0.25) is 14.4 Å². The second-order valence-electron chi connectivity index (χ2n) is 9.96. The molecule has 0 saturated carbocycles. The number of Topliss-reactive ketones (excluding diaryl/α,β-unsaturated/α-hetero) is 1. The zero-order valence-corrected chi connectivity index (χ0v) is 24.8. The summed E-state index contributed by atoms with van der Waals surface area (Å²) in [6, 6.07) is 9.58. The average Bonchev–Trinajstić information content (AvgIpc) is 2.99. The molecular weight excluding hydrogens is 544 g/mol. The molecular formula is C30H42N4O8. The van der Waals surface area contributed by atoms with Crippen LogP contribution in [0.15, 0.2) is 42.5 Å². The molecule has 0 heterocycles. The van der Waals surface area contributed by atoms with E-state index in [-0.39, 0.29) is 38.6 Å². The normalized spacial score (nSPS) is 12.1. The highest BCUT2D eigenvalue weighted by Gasteiger charge is 2.29. The number of aliphatic hydroxyl groups excluding tert-OH is 1. The number of nitrogens with one attached hydrogen (secondary N) is 4. The van der Waals surface area contributed by atoms with Crippen LogP contribution in [0.1, 0.15) is 44.7 Å². The number of hydrogen-bond acceptors (Lipinski definition) is 8. The monoisotopic (exact) mass is 586 g/mol. The quantitative estimate of drug-likeness (QED) is 0.176. The zero-order chi connectivity index (χ0) is 31.1. The molecule has 12 heteroatoms. The number of hydrogen-bond donors (Lipinski definition) is 5. The number of ether oxygens (including phenoxy) is 3.